The van der Waals surface area contributed by atoms with E-state index in [1.165, 1.54) is 96.4 Å². The zero-order valence-electron chi connectivity index (χ0n) is 18.0. The number of hydrogen-bond acceptors (Lipinski definition) is 2. The molecule has 0 spiro atoms. The summed E-state index contributed by atoms with van der Waals surface area (Å²) in [7, 11) is -1.43. The van der Waals surface area contributed by atoms with Crippen molar-refractivity contribution in [3.63, 3.8) is 0 Å². The summed E-state index contributed by atoms with van der Waals surface area (Å²) in [4.78, 5) is 0. The van der Waals surface area contributed by atoms with Gasteiger partial charge in [-0.15, -0.1) is 0 Å². The van der Waals surface area contributed by atoms with E-state index >= 15 is 0 Å². The maximum atomic E-state index is 2.80. The van der Waals surface area contributed by atoms with Crippen LogP contribution in [0, 0.1) is 0 Å². The highest BCUT2D eigenvalue weighted by atomic mass is 28.3. The van der Waals surface area contributed by atoms with E-state index in [0.29, 0.717) is 0 Å². The fourth-order valence-corrected chi connectivity index (χ4v) is 8.95. The summed E-state index contributed by atoms with van der Waals surface area (Å²) >= 11 is 0. The van der Waals surface area contributed by atoms with Gasteiger partial charge in [-0.05, 0) is 38.8 Å². The van der Waals surface area contributed by atoms with Gasteiger partial charge >= 0.3 is 0 Å². The molecule has 0 rings (SSSR count). The quantitative estimate of drug-likeness (QED) is 0.212. The Balaban J connectivity index is 4.07. The third-order valence-electron chi connectivity index (χ3n) is 5.89. The maximum Gasteiger partial charge on any atom is 0.203 e. The van der Waals surface area contributed by atoms with Crippen LogP contribution >= 0.6 is 0 Å². The van der Waals surface area contributed by atoms with Gasteiger partial charge in [-0.1, -0.05) is 98.8 Å². The lowest BCUT2D eigenvalue weighted by molar-refractivity contribution is 0.351. The molecule has 2 nitrogen and oxygen atoms in total. The predicted octanol–water partition coefficient (Wildman–Crippen LogP) is 6.66. The zero-order valence-corrected chi connectivity index (χ0v) is 19.0. The molecule has 3 heteroatoms. The van der Waals surface area contributed by atoms with Crippen LogP contribution in [-0.4, -0.2) is 43.7 Å². The molecular formula is C21H48N2Si. The Bertz CT molecular complexity index is 251. The minimum absolute atomic E-state index is 1.22. The molecule has 0 bridgehead atoms. The zero-order chi connectivity index (χ0) is 18.3. The molecule has 0 aromatic rings. The third-order valence-corrected chi connectivity index (χ3v) is 11.2. The highest BCUT2D eigenvalue weighted by Gasteiger charge is 2.37. The smallest absolute Gasteiger partial charge is 0.203 e. The largest absolute Gasteiger partial charge is 0.312 e. The van der Waals surface area contributed by atoms with Crippen molar-refractivity contribution in [1.82, 2.24) is 9.13 Å². The Morgan fingerprint density at radius 2 is 0.833 bits per heavy atom. The van der Waals surface area contributed by atoms with Gasteiger partial charge in [0.15, 0.2) is 0 Å². The summed E-state index contributed by atoms with van der Waals surface area (Å²) in [6, 6.07) is 1.45. The van der Waals surface area contributed by atoms with Gasteiger partial charge < -0.3 is 9.13 Å². The normalized spacial score (nSPS) is 12.5. The van der Waals surface area contributed by atoms with Crippen LogP contribution < -0.4 is 0 Å². The number of rotatable bonds is 17. The summed E-state index contributed by atoms with van der Waals surface area (Å²) in [6.45, 7) is 19.2. The number of nitrogens with zero attached hydrogens (tertiary/aromatic N) is 2. The maximum absolute atomic E-state index is 2.80. The van der Waals surface area contributed by atoms with Gasteiger partial charge in [-0.3, -0.25) is 0 Å². The van der Waals surface area contributed by atoms with Gasteiger partial charge in [0.05, 0.1) is 0 Å². The van der Waals surface area contributed by atoms with Crippen LogP contribution in [0.4, 0.5) is 0 Å². The molecule has 0 aliphatic carbocycles. The predicted molar refractivity (Wildman–Crippen MR) is 114 cm³/mol. The summed E-state index contributed by atoms with van der Waals surface area (Å²) in [5.74, 6) is 0. The Hall–Kier alpha value is 0.137. The first-order valence-corrected chi connectivity index (χ1v) is 13.7. The molecule has 0 unspecified atom stereocenters. The van der Waals surface area contributed by atoms with Gasteiger partial charge in [-0.25, -0.2) is 0 Å². The molecule has 0 fully saturated rings. The Morgan fingerprint density at radius 3 is 1.17 bits per heavy atom. The van der Waals surface area contributed by atoms with Crippen molar-refractivity contribution < 1.29 is 0 Å². The molecule has 0 aromatic carbocycles. The first kappa shape index (κ1) is 24.1. The molecular weight excluding hydrogens is 308 g/mol. The second-order valence-corrected chi connectivity index (χ2v) is 11.7. The minimum atomic E-state index is -1.43. The molecule has 0 N–H and O–H groups in total. The summed E-state index contributed by atoms with van der Waals surface area (Å²) in [5.41, 5.74) is 0. The van der Waals surface area contributed by atoms with Crippen LogP contribution in [0.1, 0.15) is 98.8 Å². The van der Waals surface area contributed by atoms with Gasteiger partial charge in [0.1, 0.15) is 0 Å². The van der Waals surface area contributed by atoms with Crippen molar-refractivity contribution in [1.29, 1.82) is 0 Å². The fourth-order valence-electron chi connectivity index (χ4n) is 4.27. The Labute approximate surface area is 155 Å². The van der Waals surface area contributed by atoms with E-state index in [1.807, 2.05) is 0 Å². The second-order valence-electron chi connectivity index (χ2n) is 7.49. The molecule has 0 amide bonds. The van der Waals surface area contributed by atoms with Crippen LogP contribution in [0.5, 0.6) is 0 Å². The SMILES string of the molecule is CCCCCCCCCCCC[Si](C)(N(CC)CC)N(CC)CC. The van der Waals surface area contributed by atoms with Crippen LogP contribution in [0.15, 0.2) is 0 Å². The van der Waals surface area contributed by atoms with E-state index in [-0.39, 0.29) is 0 Å². The standard InChI is InChI=1S/C21H48N2Si/c1-7-12-13-14-15-16-17-18-19-20-21-24(6,22(8-2)9-3)23(10-4)11-5/h7-21H2,1-6H3. The van der Waals surface area contributed by atoms with E-state index in [9.17, 15) is 0 Å². The van der Waals surface area contributed by atoms with Crippen molar-refractivity contribution in [3.8, 4) is 0 Å². The molecule has 0 saturated heterocycles. The first-order chi connectivity index (χ1) is 11.6. The van der Waals surface area contributed by atoms with Gasteiger partial charge in [-0.2, -0.15) is 0 Å². The minimum Gasteiger partial charge on any atom is -0.312 e. The lowest BCUT2D eigenvalue weighted by atomic mass is 10.1. The van der Waals surface area contributed by atoms with Gasteiger partial charge in [0.25, 0.3) is 0 Å². The van der Waals surface area contributed by atoms with Crippen LogP contribution in [0.2, 0.25) is 12.6 Å². The molecule has 24 heavy (non-hydrogen) atoms. The number of unbranched alkanes of at least 4 members (excludes halogenated alkanes) is 9. The molecule has 146 valence electrons. The van der Waals surface area contributed by atoms with Gasteiger partial charge in [0, 0.05) is 0 Å². The lowest BCUT2D eigenvalue weighted by Crippen LogP contribution is -2.63. The monoisotopic (exact) mass is 356 g/mol. The molecule has 0 atom stereocenters. The molecule has 0 aliphatic heterocycles. The molecule has 0 aliphatic rings. The van der Waals surface area contributed by atoms with E-state index in [2.05, 4.69) is 50.3 Å². The topological polar surface area (TPSA) is 6.48 Å². The van der Waals surface area contributed by atoms with Crippen molar-refractivity contribution in [2.45, 2.75) is 111 Å². The third kappa shape index (κ3) is 9.01. The molecule has 0 saturated carbocycles. The van der Waals surface area contributed by atoms with Crippen LogP contribution in [-0.2, 0) is 0 Å². The van der Waals surface area contributed by atoms with E-state index < -0.39 is 8.40 Å². The summed E-state index contributed by atoms with van der Waals surface area (Å²) < 4.78 is 5.60. The fraction of sp³-hybridized carbons (Fsp3) is 1.00. The average Bonchev–Trinajstić information content (AvgIpc) is 2.58. The van der Waals surface area contributed by atoms with E-state index in [0.717, 1.165) is 0 Å². The molecule has 0 heterocycles. The van der Waals surface area contributed by atoms with E-state index in [4.69, 9.17) is 0 Å². The van der Waals surface area contributed by atoms with Crippen molar-refractivity contribution in [2.24, 2.45) is 0 Å². The van der Waals surface area contributed by atoms with Crippen LogP contribution in [0.3, 0.4) is 0 Å². The average molecular weight is 357 g/mol. The molecule has 0 radical (unpaired) electrons. The lowest BCUT2D eigenvalue weighted by Gasteiger charge is -2.46. The van der Waals surface area contributed by atoms with E-state index in [1.54, 1.807) is 0 Å². The van der Waals surface area contributed by atoms with Gasteiger partial charge in [0.2, 0.25) is 8.40 Å². The Kier molecular flexibility index (Phi) is 15.5. The Morgan fingerprint density at radius 1 is 0.500 bits per heavy atom. The highest BCUT2D eigenvalue weighted by Crippen LogP contribution is 2.24. The second kappa shape index (κ2) is 15.4. The molecule has 0 aromatic heterocycles. The summed E-state index contributed by atoms with van der Waals surface area (Å²) in [6.07, 6.45) is 14.4. The first-order valence-electron chi connectivity index (χ1n) is 11.1. The van der Waals surface area contributed by atoms with Crippen LogP contribution in [0.25, 0.3) is 0 Å². The van der Waals surface area contributed by atoms with Crippen molar-refractivity contribution in [2.75, 3.05) is 26.2 Å². The van der Waals surface area contributed by atoms with Crippen molar-refractivity contribution in [3.05, 3.63) is 0 Å². The number of hydrogen-bond donors (Lipinski definition) is 0. The van der Waals surface area contributed by atoms with Crippen molar-refractivity contribution >= 4 is 8.40 Å². The highest BCUT2D eigenvalue weighted by molar-refractivity contribution is 6.73. The summed E-state index contributed by atoms with van der Waals surface area (Å²) in [5, 5.41) is 0.